The summed E-state index contributed by atoms with van der Waals surface area (Å²) in [5, 5.41) is 15.6. The van der Waals surface area contributed by atoms with Gasteiger partial charge in [0.05, 0.1) is 18.2 Å². The standard InChI is InChI=1S/C20H28FN5/c1-4-23-20(24-13-17-11-16(12-22)5-6-19(17)21)25-18-7-9-26(10-8-18)14-15(2)3/h5-6,11,18H,2,4,7-10,13-14H2,1,3H3,(H2,23,24,25). The molecule has 0 saturated carbocycles. The molecule has 1 saturated heterocycles. The Labute approximate surface area is 155 Å². The smallest absolute Gasteiger partial charge is 0.191 e. The van der Waals surface area contributed by atoms with E-state index in [9.17, 15) is 4.39 Å². The van der Waals surface area contributed by atoms with E-state index in [1.54, 1.807) is 6.07 Å². The third kappa shape index (κ3) is 6.16. The first-order valence-electron chi connectivity index (χ1n) is 9.12. The fraction of sp³-hybridized carbons (Fsp3) is 0.500. The van der Waals surface area contributed by atoms with Crippen LogP contribution in [0.15, 0.2) is 35.3 Å². The van der Waals surface area contributed by atoms with Crippen molar-refractivity contribution in [3.63, 3.8) is 0 Å². The first-order valence-corrected chi connectivity index (χ1v) is 9.12. The fourth-order valence-corrected chi connectivity index (χ4v) is 3.06. The van der Waals surface area contributed by atoms with E-state index in [2.05, 4.69) is 34.0 Å². The van der Waals surface area contributed by atoms with Gasteiger partial charge >= 0.3 is 0 Å². The largest absolute Gasteiger partial charge is 0.357 e. The van der Waals surface area contributed by atoms with Gasteiger partial charge in [0.15, 0.2) is 5.96 Å². The van der Waals surface area contributed by atoms with Crippen molar-refractivity contribution < 1.29 is 4.39 Å². The molecule has 2 rings (SSSR count). The van der Waals surface area contributed by atoms with Crippen LogP contribution in [-0.2, 0) is 6.54 Å². The Hall–Kier alpha value is -2.39. The minimum atomic E-state index is -0.336. The summed E-state index contributed by atoms with van der Waals surface area (Å²) in [6.07, 6.45) is 2.08. The monoisotopic (exact) mass is 357 g/mol. The van der Waals surface area contributed by atoms with Crippen LogP contribution in [0.2, 0.25) is 0 Å². The molecule has 0 amide bonds. The Morgan fingerprint density at radius 2 is 2.15 bits per heavy atom. The molecule has 1 aromatic carbocycles. The van der Waals surface area contributed by atoms with Crippen LogP contribution < -0.4 is 10.6 Å². The maximum Gasteiger partial charge on any atom is 0.191 e. The van der Waals surface area contributed by atoms with Crippen molar-refractivity contribution in [2.75, 3.05) is 26.2 Å². The van der Waals surface area contributed by atoms with E-state index in [0.717, 1.165) is 39.0 Å². The molecule has 1 aliphatic heterocycles. The van der Waals surface area contributed by atoms with E-state index in [0.29, 0.717) is 23.1 Å². The first kappa shape index (κ1) is 19.9. The van der Waals surface area contributed by atoms with Crippen molar-refractivity contribution in [3.8, 4) is 6.07 Å². The number of hydrogen-bond acceptors (Lipinski definition) is 3. The Balaban J connectivity index is 1.95. The average Bonchev–Trinajstić information content (AvgIpc) is 2.62. The van der Waals surface area contributed by atoms with Gasteiger partial charge in [0, 0.05) is 37.8 Å². The molecule has 2 N–H and O–H groups in total. The summed E-state index contributed by atoms with van der Waals surface area (Å²) in [6, 6.07) is 6.74. The summed E-state index contributed by atoms with van der Waals surface area (Å²) in [6.45, 7) is 12.0. The van der Waals surface area contributed by atoms with Gasteiger partial charge in [-0.15, -0.1) is 0 Å². The Bertz CT molecular complexity index is 684. The fourth-order valence-electron chi connectivity index (χ4n) is 3.06. The van der Waals surface area contributed by atoms with Crippen LogP contribution in [0.4, 0.5) is 4.39 Å². The van der Waals surface area contributed by atoms with Gasteiger partial charge in [-0.05, 0) is 44.9 Å². The summed E-state index contributed by atoms with van der Waals surface area (Å²) in [7, 11) is 0. The van der Waals surface area contributed by atoms with Crippen LogP contribution in [0.1, 0.15) is 37.8 Å². The second-order valence-electron chi connectivity index (χ2n) is 6.77. The van der Waals surface area contributed by atoms with Crippen molar-refractivity contribution in [2.45, 2.75) is 39.3 Å². The van der Waals surface area contributed by atoms with E-state index in [-0.39, 0.29) is 12.4 Å². The predicted octanol–water partition coefficient (Wildman–Crippen LogP) is 2.79. The molecule has 0 unspecified atom stereocenters. The van der Waals surface area contributed by atoms with Crippen LogP contribution in [0, 0.1) is 17.1 Å². The minimum absolute atomic E-state index is 0.200. The van der Waals surface area contributed by atoms with Gasteiger partial charge in [0.25, 0.3) is 0 Å². The number of rotatable bonds is 6. The highest BCUT2D eigenvalue weighted by molar-refractivity contribution is 5.80. The van der Waals surface area contributed by atoms with E-state index in [1.807, 2.05) is 13.0 Å². The van der Waals surface area contributed by atoms with E-state index in [4.69, 9.17) is 5.26 Å². The number of likely N-dealkylation sites (tertiary alicyclic amines) is 1. The molecular weight excluding hydrogens is 329 g/mol. The molecular formula is C20H28FN5. The number of nitriles is 1. The molecule has 5 nitrogen and oxygen atoms in total. The van der Waals surface area contributed by atoms with Crippen molar-refractivity contribution >= 4 is 5.96 Å². The zero-order chi connectivity index (χ0) is 18.9. The van der Waals surface area contributed by atoms with Gasteiger partial charge in [0.1, 0.15) is 5.82 Å². The maximum atomic E-state index is 13.9. The molecule has 1 aliphatic rings. The number of benzene rings is 1. The second kappa shape index (κ2) is 9.93. The molecule has 0 spiro atoms. The molecule has 1 aromatic rings. The van der Waals surface area contributed by atoms with Crippen molar-refractivity contribution in [1.82, 2.24) is 15.5 Å². The van der Waals surface area contributed by atoms with Gasteiger partial charge in [-0.25, -0.2) is 9.38 Å². The molecule has 0 atom stereocenters. The molecule has 26 heavy (non-hydrogen) atoms. The summed E-state index contributed by atoms with van der Waals surface area (Å²) >= 11 is 0. The zero-order valence-corrected chi connectivity index (χ0v) is 15.7. The Morgan fingerprint density at radius 3 is 2.77 bits per heavy atom. The first-order chi connectivity index (χ1) is 12.5. The van der Waals surface area contributed by atoms with Crippen LogP contribution in [0.5, 0.6) is 0 Å². The predicted molar refractivity (Wildman–Crippen MR) is 103 cm³/mol. The number of aliphatic imine (C=N–C) groups is 1. The summed E-state index contributed by atoms with van der Waals surface area (Å²) in [4.78, 5) is 6.91. The van der Waals surface area contributed by atoms with Crippen molar-refractivity contribution in [3.05, 3.63) is 47.3 Å². The third-order valence-electron chi connectivity index (χ3n) is 4.35. The molecule has 0 bridgehead atoms. The number of piperidine rings is 1. The number of hydrogen-bond donors (Lipinski definition) is 2. The lowest BCUT2D eigenvalue weighted by Gasteiger charge is -2.33. The summed E-state index contributed by atoms with van der Waals surface area (Å²) in [5.41, 5.74) is 2.06. The lowest BCUT2D eigenvalue weighted by atomic mass is 10.0. The highest BCUT2D eigenvalue weighted by Gasteiger charge is 2.19. The minimum Gasteiger partial charge on any atom is -0.357 e. The van der Waals surface area contributed by atoms with Crippen LogP contribution in [0.3, 0.4) is 0 Å². The quantitative estimate of drug-likeness (QED) is 0.467. The molecule has 0 aliphatic carbocycles. The molecule has 1 fully saturated rings. The normalized spacial score (nSPS) is 16.2. The van der Waals surface area contributed by atoms with Crippen LogP contribution >= 0.6 is 0 Å². The Morgan fingerprint density at radius 1 is 1.42 bits per heavy atom. The molecule has 0 aromatic heterocycles. The van der Waals surface area contributed by atoms with Crippen molar-refractivity contribution in [2.24, 2.45) is 4.99 Å². The van der Waals surface area contributed by atoms with Gasteiger partial charge < -0.3 is 10.6 Å². The van der Waals surface area contributed by atoms with E-state index in [1.165, 1.54) is 17.7 Å². The zero-order valence-electron chi connectivity index (χ0n) is 15.7. The van der Waals surface area contributed by atoms with Gasteiger partial charge in [-0.2, -0.15) is 5.26 Å². The molecule has 0 radical (unpaired) electrons. The second-order valence-corrected chi connectivity index (χ2v) is 6.77. The van der Waals surface area contributed by atoms with Gasteiger partial charge in [-0.1, -0.05) is 12.2 Å². The number of halogens is 1. The van der Waals surface area contributed by atoms with Crippen LogP contribution in [-0.4, -0.2) is 43.1 Å². The summed E-state index contributed by atoms with van der Waals surface area (Å²) < 4.78 is 13.9. The number of nitrogens with zero attached hydrogens (tertiary/aromatic N) is 3. The van der Waals surface area contributed by atoms with E-state index < -0.39 is 0 Å². The Kier molecular flexibility index (Phi) is 7.61. The molecule has 6 heteroatoms. The number of guanidine groups is 1. The highest BCUT2D eigenvalue weighted by atomic mass is 19.1. The van der Waals surface area contributed by atoms with E-state index >= 15 is 0 Å². The molecule has 140 valence electrons. The molecule has 1 heterocycles. The van der Waals surface area contributed by atoms with Crippen LogP contribution in [0.25, 0.3) is 0 Å². The lowest BCUT2D eigenvalue weighted by Crippen LogP contribution is -2.48. The number of nitrogens with one attached hydrogen (secondary N) is 2. The lowest BCUT2D eigenvalue weighted by molar-refractivity contribution is 0.221. The highest BCUT2D eigenvalue weighted by Crippen LogP contribution is 2.13. The maximum absolute atomic E-state index is 13.9. The van der Waals surface area contributed by atoms with Gasteiger partial charge in [-0.3, -0.25) is 4.90 Å². The SMILES string of the molecule is C=C(C)CN1CCC(NC(=NCc2cc(C#N)ccc2F)NCC)CC1. The van der Waals surface area contributed by atoms with Crippen molar-refractivity contribution in [1.29, 1.82) is 5.26 Å². The third-order valence-corrected chi connectivity index (χ3v) is 4.35. The summed E-state index contributed by atoms with van der Waals surface area (Å²) in [5.74, 6) is 0.351. The topological polar surface area (TPSA) is 63.5 Å². The average molecular weight is 357 g/mol. The van der Waals surface area contributed by atoms with Gasteiger partial charge in [0.2, 0.25) is 0 Å².